The predicted molar refractivity (Wildman–Crippen MR) is 60.8 cm³/mol. The molecule has 1 N–H and O–H groups in total. The van der Waals surface area contributed by atoms with Crippen LogP contribution in [0.4, 0.5) is 0 Å². The lowest BCUT2D eigenvalue weighted by molar-refractivity contribution is 0.261. The standard InChI is InChI=1S/C11H14N4O/c16-8-2-6-15-7-4-10(9-13-15)11-3-1-5-12-14-11/h1,3-5,7,9-10,16H,2,6,8H2. The van der Waals surface area contributed by atoms with Gasteiger partial charge in [0.2, 0.25) is 0 Å². The van der Waals surface area contributed by atoms with Gasteiger partial charge in [-0.05, 0) is 18.6 Å². The summed E-state index contributed by atoms with van der Waals surface area (Å²) in [4.78, 5) is 0. The number of hydrazone groups is 1. The molecule has 0 spiro atoms. The van der Waals surface area contributed by atoms with E-state index in [4.69, 9.17) is 5.11 Å². The Hall–Kier alpha value is -1.75. The fourth-order valence-electron chi connectivity index (χ4n) is 1.47. The minimum absolute atomic E-state index is 0.0964. The summed E-state index contributed by atoms with van der Waals surface area (Å²) < 4.78 is 0. The first kappa shape index (κ1) is 10.8. The van der Waals surface area contributed by atoms with Crippen molar-refractivity contribution in [3.05, 3.63) is 36.3 Å². The molecule has 1 unspecified atom stereocenters. The second kappa shape index (κ2) is 5.37. The first-order valence-corrected chi connectivity index (χ1v) is 5.27. The highest BCUT2D eigenvalue weighted by Crippen LogP contribution is 2.15. The van der Waals surface area contributed by atoms with Gasteiger partial charge >= 0.3 is 0 Å². The van der Waals surface area contributed by atoms with Crippen molar-refractivity contribution in [2.75, 3.05) is 13.2 Å². The third kappa shape index (κ3) is 2.64. The summed E-state index contributed by atoms with van der Waals surface area (Å²) in [5.41, 5.74) is 0.893. The van der Waals surface area contributed by atoms with Crippen LogP contribution in [-0.2, 0) is 0 Å². The topological polar surface area (TPSA) is 61.6 Å². The van der Waals surface area contributed by atoms with E-state index in [9.17, 15) is 0 Å². The van der Waals surface area contributed by atoms with Gasteiger partial charge in [-0.1, -0.05) is 6.08 Å². The highest BCUT2D eigenvalue weighted by molar-refractivity contribution is 5.70. The monoisotopic (exact) mass is 218 g/mol. The molecule has 0 saturated heterocycles. The molecule has 5 heteroatoms. The Kier molecular flexibility index (Phi) is 3.61. The number of aromatic nitrogens is 2. The zero-order valence-corrected chi connectivity index (χ0v) is 8.90. The molecule has 1 aromatic rings. The molecular weight excluding hydrogens is 204 g/mol. The normalized spacial score (nSPS) is 19.1. The fourth-order valence-corrected chi connectivity index (χ4v) is 1.47. The number of aliphatic hydroxyl groups is 1. The highest BCUT2D eigenvalue weighted by Gasteiger charge is 2.11. The van der Waals surface area contributed by atoms with Crippen LogP contribution in [0.15, 0.2) is 35.7 Å². The van der Waals surface area contributed by atoms with Crippen LogP contribution in [0.1, 0.15) is 18.0 Å². The van der Waals surface area contributed by atoms with E-state index >= 15 is 0 Å². The summed E-state index contributed by atoms with van der Waals surface area (Å²) in [6.07, 6.45) is 8.14. The molecule has 84 valence electrons. The Morgan fingerprint density at radius 2 is 2.38 bits per heavy atom. The number of aliphatic hydroxyl groups excluding tert-OH is 1. The lowest BCUT2D eigenvalue weighted by atomic mass is 10.1. The Morgan fingerprint density at radius 3 is 3.00 bits per heavy atom. The van der Waals surface area contributed by atoms with E-state index in [2.05, 4.69) is 15.3 Å². The fraction of sp³-hybridized carbons (Fsp3) is 0.364. The number of allylic oxidation sites excluding steroid dienone is 1. The summed E-state index contributed by atoms with van der Waals surface area (Å²) in [7, 11) is 0. The third-order valence-electron chi connectivity index (χ3n) is 2.32. The molecule has 2 heterocycles. The van der Waals surface area contributed by atoms with Crippen molar-refractivity contribution in [1.29, 1.82) is 0 Å². The van der Waals surface area contributed by atoms with E-state index in [1.807, 2.05) is 35.6 Å². The Morgan fingerprint density at radius 1 is 1.44 bits per heavy atom. The lowest BCUT2D eigenvalue weighted by Crippen LogP contribution is -2.18. The average molecular weight is 218 g/mol. The summed E-state index contributed by atoms with van der Waals surface area (Å²) in [6.45, 7) is 0.921. The van der Waals surface area contributed by atoms with E-state index in [0.29, 0.717) is 0 Å². The maximum absolute atomic E-state index is 8.71. The van der Waals surface area contributed by atoms with Crippen molar-refractivity contribution in [3.63, 3.8) is 0 Å². The number of rotatable bonds is 4. The zero-order valence-electron chi connectivity index (χ0n) is 8.90. The van der Waals surface area contributed by atoms with Crippen molar-refractivity contribution in [1.82, 2.24) is 15.2 Å². The minimum Gasteiger partial charge on any atom is -0.396 e. The van der Waals surface area contributed by atoms with Gasteiger partial charge in [-0.15, -0.1) is 0 Å². The molecule has 1 aliphatic rings. The SMILES string of the molecule is OCCCN1C=CC(c2cccnn2)C=N1. The van der Waals surface area contributed by atoms with Crippen LogP contribution in [0.5, 0.6) is 0 Å². The zero-order chi connectivity index (χ0) is 11.2. The summed E-state index contributed by atoms with van der Waals surface area (Å²) in [5.74, 6) is 0.0964. The Balaban J connectivity index is 1.96. The molecule has 0 radical (unpaired) electrons. The maximum atomic E-state index is 8.71. The Bertz CT molecular complexity index is 363. The maximum Gasteiger partial charge on any atom is 0.0754 e. The van der Waals surface area contributed by atoms with Crippen molar-refractivity contribution in [3.8, 4) is 0 Å². The van der Waals surface area contributed by atoms with Crippen LogP contribution in [0.3, 0.4) is 0 Å². The molecule has 0 aromatic carbocycles. The van der Waals surface area contributed by atoms with Crippen molar-refractivity contribution in [2.24, 2.45) is 5.10 Å². The molecular formula is C11H14N4O. The van der Waals surface area contributed by atoms with E-state index < -0.39 is 0 Å². The van der Waals surface area contributed by atoms with Gasteiger partial charge in [-0.25, -0.2) is 0 Å². The smallest absolute Gasteiger partial charge is 0.0754 e. The van der Waals surface area contributed by atoms with Crippen LogP contribution in [0.2, 0.25) is 0 Å². The van der Waals surface area contributed by atoms with Gasteiger partial charge < -0.3 is 5.11 Å². The molecule has 5 nitrogen and oxygen atoms in total. The minimum atomic E-state index is 0.0964. The summed E-state index contributed by atoms with van der Waals surface area (Å²) >= 11 is 0. The second-order valence-corrected chi connectivity index (χ2v) is 3.52. The first-order valence-electron chi connectivity index (χ1n) is 5.27. The van der Waals surface area contributed by atoms with Gasteiger partial charge in [0.05, 0.1) is 11.6 Å². The lowest BCUT2D eigenvalue weighted by Gasteiger charge is -2.19. The summed E-state index contributed by atoms with van der Waals surface area (Å²) in [6, 6.07) is 3.79. The quantitative estimate of drug-likeness (QED) is 0.810. The largest absolute Gasteiger partial charge is 0.396 e. The van der Waals surface area contributed by atoms with E-state index in [-0.39, 0.29) is 12.5 Å². The molecule has 1 aromatic heterocycles. The van der Waals surface area contributed by atoms with Crippen molar-refractivity contribution >= 4 is 6.21 Å². The Labute approximate surface area is 94.1 Å². The number of hydrogen-bond donors (Lipinski definition) is 1. The van der Waals surface area contributed by atoms with Crippen LogP contribution >= 0.6 is 0 Å². The molecule has 0 fully saturated rings. The van der Waals surface area contributed by atoms with Gasteiger partial charge in [0, 0.05) is 31.8 Å². The van der Waals surface area contributed by atoms with Crippen molar-refractivity contribution < 1.29 is 5.11 Å². The molecule has 0 aliphatic carbocycles. The molecule has 16 heavy (non-hydrogen) atoms. The number of hydrogen-bond acceptors (Lipinski definition) is 5. The second-order valence-electron chi connectivity index (χ2n) is 3.52. The average Bonchev–Trinajstić information content (AvgIpc) is 2.38. The van der Waals surface area contributed by atoms with Gasteiger partial charge in [-0.3, -0.25) is 5.01 Å². The molecule has 1 atom stereocenters. The molecule has 0 amide bonds. The van der Waals surface area contributed by atoms with Gasteiger partial charge in [0.15, 0.2) is 0 Å². The highest BCUT2D eigenvalue weighted by atomic mass is 16.3. The van der Waals surface area contributed by atoms with E-state index in [1.165, 1.54) is 0 Å². The third-order valence-corrected chi connectivity index (χ3v) is 2.32. The van der Waals surface area contributed by atoms with Crippen LogP contribution in [0.25, 0.3) is 0 Å². The van der Waals surface area contributed by atoms with Gasteiger partial charge in [0.1, 0.15) is 0 Å². The predicted octanol–water partition coefficient (Wildman–Crippen LogP) is 0.758. The van der Waals surface area contributed by atoms with Gasteiger partial charge in [-0.2, -0.15) is 15.3 Å². The van der Waals surface area contributed by atoms with E-state index in [1.54, 1.807) is 6.20 Å². The molecule has 1 aliphatic heterocycles. The van der Waals surface area contributed by atoms with Crippen molar-refractivity contribution in [2.45, 2.75) is 12.3 Å². The van der Waals surface area contributed by atoms with Crippen LogP contribution < -0.4 is 0 Å². The first-order chi connectivity index (χ1) is 7.90. The van der Waals surface area contributed by atoms with Gasteiger partial charge in [0.25, 0.3) is 0 Å². The molecule has 2 rings (SSSR count). The number of nitrogens with zero attached hydrogens (tertiary/aromatic N) is 4. The van der Waals surface area contributed by atoms with Crippen LogP contribution in [0, 0.1) is 0 Å². The van der Waals surface area contributed by atoms with Crippen LogP contribution in [-0.4, -0.2) is 39.7 Å². The van der Waals surface area contributed by atoms with E-state index in [0.717, 1.165) is 18.7 Å². The molecule has 0 bridgehead atoms. The summed E-state index contributed by atoms with van der Waals surface area (Å²) in [5, 5.41) is 22.7. The molecule has 0 saturated carbocycles.